The number of rotatable bonds is 4. The van der Waals surface area contributed by atoms with E-state index in [1.807, 2.05) is 47.2 Å². The highest BCUT2D eigenvalue weighted by atomic mass is 32.1. The average Bonchev–Trinajstić information content (AvgIpc) is 2.78. The van der Waals surface area contributed by atoms with E-state index in [9.17, 15) is 0 Å². The van der Waals surface area contributed by atoms with Gasteiger partial charge in [-0.2, -0.15) is 0 Å². The zero-order chi connectivity index (χ0) is 12.3. The molecule has 0 saturated heterocycles. The number of nitrogens with two attached hydrogens (primary N) is 1. The van der Waals surface area contributed by atoms with Crippen LogP contribution < -0.4 is 5.73 Å². The number of aromatic nitrogens is 1. The number of hydrogen-bond acceptors (Lipinski definition) is 2. The second kappa shape index (κ2) is 5.12. The van der Waals surface area contributed by atoms with Crippen LogP contribution in [0, 0.1) is 0 Å². The molecular weight excluding hydrogens is 232 g/mol. The number of hydrogen-bond donors (Lipinski definition) is 2. The maximum absolute atomic E-state index is 8.96. The molecule has 17 heavy (non-hydrogen) atoms. The molecule has 0 aliphatic heterocycles. The van der Waals surface area contributed by atoms with Crippen LogP contribution in [0.15, 0.2) is 42.6 Å². The monoisotopic (exact) mass is 246 g/mol. The Balaban J connectivity index is 2.19. The lowest BCUT2D eigenvalue weighted by Crippen LogP contribution is -2.15. The minimum Gasteiger partial charge on any atom is -0.392 e. The number of aliphatic hydroxyl groups is 1. The first-order chi connectivity index (χ1) is 8.20. The standard InChI is InChI=1S/C13H14N2OS/c14-13(17)12-2-1-7-15(12)8-10-3-5-11(9-16)6-4-10/h1-7,16H,8-9H2,(H2,14,17). The van der Waals surface area contributed by atoms with E-state index in [1.165, 1.54) is 0 Å². The van der Waals surface area contributed by atoms with Crippen LogP contribution in [0.3, 0.4) is 0 Å². The van der Waals surface area contributed by atoms with Gasteiger partial charge in [-0.05, 0) is 23.3 Å². The molecule has 3 nitrogen and oxygen atoms in total. The van der Waals surface area contributed by atoms with Crippen molar-refractivity contribution in [1.82, 2.24) is 4.57 Å². The number of thiocarbonyl (C=S) groups is 1. The molecule has 0 saturated carbocycles. The highest BCUT2D eigenvalue weighted by Crippen LogP contribution is 2.09. The fourth-order valence-electron chi connectivity index (χ4n) is 1.72. The third kappa shape index (κ3) is 2.72. The summed E-state index contributed by atoms with van der Waals surface area (Å²) in [5.41, 5.74) is 8.56. The van der Waals surface area contributed by atoms with Crippen molar-refractivity contribution in [2.45, 2.75) is 13.2 Å². The van der Waals surface area contributed by atoms with Crippen LogP contribution in [0.2, 0.25) is 0 Å². The van der Waals surface area contributed by atoms with Crippen LogP contribution in [-0.4, -0.2) is 14.7 Å². The van der Waals surface area contributed by atoms with Crippen LogP contribution in [0.5, 0.6) is 0 Å². The summed E-state index contributed by atoms with van der Waals surface area (Å²) >= 11 is 4.98. The number of benzene rings is 1. The van der Waals surface area contributed by atoms with Gasteiger partial charge in [-0.1, -0.05) is 36.5 Å². The number of nitrogens with zero attached hydrogens (tertiary/aromatic N) is 1. The molecule has 4 heteroatoms. The molecule has 0 aliphatic carbocycles. The fraction of sp³-hybridized carbons (Fsp3) is 0.154. The molecule has 2 rings (SSSR count). The number of aliphatic hydroxyl groups excluding tert-OH is 1. The van der Waals surface area contributed by atoms with E-state index in [0.717, 1.165) is 23.4 Å². The molecule has 0 fully saturated rings. The Hall–Kier alpha value is -1.65. The van der Waals surface area contributed by atoms with Gasteiger partial charge in [0.2, 0.25) is 0 Å². The zero-order valence-corrected chi connectivity index (χ0v) is 10.2. The van der Waals surface area contributed by atoms with Crippen molar-refractivity contribution in [2.24, 2.45) is 5.73 Å². The summed E-state index contributed by atoms with van der Waals surface area (Å²) in [5.74, 6) is 0. The van der Waals surface area contributed by atoms with Gasteiger partial charge in [0, 0.05) is 12.7 Å². The summed E-state index contributed by atoms with van der Waals surface area (Å²) in [6.45, 7) is 0.799. The Labute approximate surface area is 105 Å². The van der Waals surface area contributed by atoms with Crippen molar-refractivity contribution in [3.63, 3.8) is 0 Å². The fourth-order valence-corrected chi connectivity index (χ4v) is 1.91. The predicted molar refractivity (Wildman–Crippen MR) is 71.8 cm³/mol. The molecule has 0 radical (unpaired) electrons. The van der Waals surface area contributed by atoms with E-state index in [1.54, 1.807) is 0 Å². The van der Waals surface area contributed by atoms with Gasteiger partial charge < -0.3 is 15.4 Å². The van der Waals surface area contributed by atoms with E-state index in [-0.39, 0.29) is 6.61 Å². The van der Waals surface area contributed by atoms with E-state index in [2.05, 4.69) is 0 Å². The summed E-state index contributed by atoms with van der Waals surface area (Å²) < 4.78 is 2.01. The predicted octanol–water partition coefficient (Wildman–Crippen LogP) is 1.66. The molecule has 0 spiro atoms. The second-order valence-electron chi connectivity index (χ2n) is 3.86. The van der Waals surface area contributed by atoms with Gasteiger partial charge in [0.15, 0.2) is 0 Å². The van der Waals surface area contributed by atoms with Crippen molar-refractivity contribution in [1.29, 1.82) is 0 Å². The topological polar surface area (TPSA) is 51.2 Å². The summed E-state index contributed by atoms with van der Waals surface area (Å²) in [7, 11) is 0. The van der Waals surface area contributed by atoms with Crippen LogP contribution in [0.25, 0.3) is 0 Å². The minimum absolute atomic E-state index is 0.0714. The van der Waals surface area contributed by atoms with Gasteiger partial charge in [0.1, 0.15) is 4.99 Å². The van der Waals surface area contributed by atoms with Crippen LogP contribution >= 0.6 is 12.2 Å². The lowest BCUT2D eigenvalue weighted by Gasteiger charge is -2.08. The Kier molecular flexibility index (Phi) is 3.56. The molecule has 0 bridgehead atoms. The molecule has 0 aliphatic rings. The van der Waals surface area contributed by atoms with Crippen LogP contribution in [0.1, 0.15) is 16.8 Å². The van der Waals surface area contributed by atoms with Crippen molar-refractivity contribution in [3.8, 4) is 0 Å². The Morgan fingerprint density at radius 3 is 2.41 bits per heavy atom. The maximum Gasteiger partial charge on any atom is 0.120 e. The maximum atomic E-state index is 8.96. The van der Waals surface area contributed by atoms with Crippen LogP contribution in [0.4, 0.5) is 0 Å². The van der Waals surface area contributed by atoms with Gasteiger partial charge >= 0.3 is 0 Å². The third-order valence-electron chi connectivity index (χ3n) is 2.64. The first kappa shape index (κ1) is 11.8. The summed E-state index contributed by atoms with van der Waals surface area (Å²) in [4.78, 5) is 0.405. The van der Waals surface area contributed by atoms with E-state index in [0.29, 0.717) is 4.99 Å². The van der Waals surface area contributed by atoms with Gasteiger partial charge in [-0.3, -0.25) is 0 Å². The molecule has 0 amide bonds. The van der Waals surface area contributed by atoms with Crippen LogP contribution in [-0.2, 0) is 13.2 Å². The molecule has 1 heterocycles. The summed E-state index contributed by atoms with van der Waals surface area (Å²) in [5, 5.41) is 8.96. The smallest absolute Gasteiger partial charge is 0.120 e. The molecule has 1 aromatic carbocycles. The molecule has 0 atom stereocenters. The van der Waals surface area contributed by atoms with Crippen molar-refractivity contribution >= 4 is 17.2 Å². The molecule has 0 unspecified atom stereocenters. The van der Waals surface area contributed by atoms with Crippen molar-refractivity contribution < 1.29 is 5.11 Å². The lowest BCUT2D eigenvalue weighted by atomic mass is 10.1. The van der Waals surface area contributed by atoms with Crippen molar-refractivity contribution in [3.05, 3.63) is 59.4 Å². The van der Waals surface area contributed by atoms with Gasteiger partial charge in [0.25, 0.3) is 0 Å². The largest absolute Gasteiger partial charge is 0.392 e. The van der Waals surface area contributed by atoms with E-state index in [4.69, 9.17) is 23.1 Å². The Morgan fingerprint density at radius 2 is 1.82 bits per heavy atom. The SMILES string of the molecule is NC(=S)c1cccn1Cc1ccc(CO)cc1. The highest BCUT2D eigenvalue weighted by molar-refractivity contribution is 7.80. The molecule has 2 aromatic rings. The first-order valence-corrected chi connectivity index (χ1v) is 5.75. The van der Waals surface area contributed by atoms with E-state index >= 15 is 0 Å². The zero-order valence-electron chi connectivity index (χ0n) is 9.34. The Bertz CT molecular complexity index is 516. The molecule has 3 N–H and O–H groups in total. The van der Waals surface area contributed by atoms with Crippen molar-refractivity contribution in [2.75, 3.05) is 0 Å². The average molecular weight is 246 g/mol. The third-order valence-corrected chi connectivity index (χ3v) is 2.85. The summed E-state index contributed by atoms with van der Waals surface area (Å²) in [6, 6.07) is 11.7. The van der Waals surface area contributed by atoms with Gasteiger partial charge in [-0.25, -0.2) is 0 Å². The minimum atomic E-state index is 0.0714. The molecule has 1 aromatic heterocycles. The normalized spacial score (nSPS) is 10.4. The van der Waals surface area contributed by atoms with Gasteiger partial charge in [-0.15, -0.1) is 0 Å². The lowest BCUT2D eigenvalue weighted by molar-refractivity contribution is 0.282. The van der Waals surface area contributed by atoms with E-state index < -0.39 is 0 Å². The van der Waals surface area contributed by atoms with Gasteiger partial charge in [0.05, 0.1) is 12.3 Å². The Morgan fingerprint density at radius 1 is 1.18 bits per heavy atom. The first-order valence-electron chi connectivity index (χ1n) is 5.34. The second-order valence-corrected chi connectivity index (χ2v) is 4.30. The quantitative estimate of drug-likeness (QED) is 0.807. The molecular formula is C13H14N2OS. The summed E-state index contributed by atoms with van der Waals surface area (Å²) in [6.07, 6.45) is 1.95. The molecule has 88 valence electrons. The highest BCUT2D eigenvalue weighted by Gasteiger charge is 2.03.